The van der Waals surface area contributed by atoms with Crippen molar-refractivity contribution in [1.29, 1.82) is 0 Å². The summed E-state index contributed by atoms with van der Waals surface area (Å²) in [4.78, 5) is 24.7. The van der Waals surface area contributed by atoms with Crippen molar-refractivity contribution in [3.05, 3.63) is 21.9 Å². The van der Waals surface area contributed by atoms with Gasteiger partial charge in [-0.3, -0.25) is 9.59 Å². The van der Waals surface area contributed by atoms with Gasteiger partial charge in [-0.15, -0.1) is 11.3 Å². The van der Waals surface area contributed by atoms with Crippen LogP contribution < -0.4 is 5.32 Å². The minimum atomic E-state index is -4.42. The fourth-order valence-corrected chi connectivity index (χ4v) is 2.92. The molecule has 20 heavy (non-hydrogen) atoms. The van der Waals surface area contributed by atoms with Crippen molar-refractivity contribution in [2.45, 2.75) is 25.6 Å². The van der Waals surface area contributed by atoms with Gasteiger partial charge in [0.15, 0.2) is 0 Å². The van der Waals surface area contributed by atoms with Gasteiger partial charge in [-0.25, -0.2) is 0 Å². The second-order valence-electron chi connectivity index (χ2n) is 4.70. The van der Waals surface area contributed by atoms with Crippen LogP contribution in [-0.4, -0.2) is 42.0 Å². The summed E-state index contributed by atoms with van der Waals surface area (Å²) in [6.07, 6.45) is -4.51. The molecule has 0 radical (unpaired) electrons. The Balaban J connectivity index is 1.94. The lowest BCUT2D eigenvalue weighted by Crippen LogP contribution is -2.39. The molecule has 1 saturated heterocycles. The van der Waals surface area contributed by atoms with Crippen molar-refractivity contribution in [2.75, 3.05) is 13.1 Å². The highest BCUT2D eigenvalue weighted by molar-refractivity contribution is 7.12. The van der Waals surface area contributed by atoms with Crippen LogP contribution in [0.25, 0.3) is 0 Å². The van der Waals surface area contributed by atoms with Crippen LogP contribution in [0.4, 0.5) is 13.2 Å². The van der Waals surface area contributed by atoms with Crippen molar-refractivity contribution in [1.82, 2.24) is 10.2 Å². The molecule has 1 fully saturated rings. The third kappa shape index (κ3) is 3.50. The van der Waals surface area contributed by atoms with Crippen LogP contribution in [-0.2, 0) is 4.79 Å². The fourth-order valence-electron chi connectivity index (χ4n) is 2.09. The monoisotopic (exact) mass is 306 g/mol. The molecule has 1 atom stereocenters. The fraction of sp³-hybridized carbons (Fsp3) is 0.500. The highest BCUT2D eigenvalue weighted by Gasteiger charge is 2.38. The summed E-state index contributed by atoms with van der Waals surface area (Å²) in [5.74, 6) is -0.931. The Morgan fingerprint density at radius 1 is 1.55 bits per heavy atom. The summed E-state index contributed by atoms with van der Waals surface area (Å²) in [5.41, 5.74) is 0.809. The molecular weight excluding hydrogens is 293 g/mol. The minimum absolute atomic E-state index is 0.0910. The Bertz CT molecular complexity index is 527. The van der Waals surface area contributed by atoms with Gasteiger partial charge in [0, 0.05) is 13.0 Å². The molecular formula is C12H13F3N2O2S. The van der Waals surface area contributed by atoms with Gasteiger partial charge in [0.05, 0.1) is 10.9 Å². The molecule has 1 aliphatic rings. The van der Waals surface area contributed by atoms with Gasteiger partial charge in [0.1, 0.15) is 6.54 Å². The first-order valence-electron chi connectivity index (χ1n) is 5.96. The second-order valence-corrected chi connectivity index (χ2v) is 5.61. The third-order valence-corrected chi connectivity index (χ3v) is 4.00. The third-order valence-electron chi connectivity index (χ3n) is 2.99. The summed E-state index contributed by atoms with van der Waals surface area (Å²) in [6.45, 7) is 0.409. The maximum Gasteiger partial charge on any atom is 0.406 e. The molecule has 0 unspecified atom stereocenters. The first-order valence-corrected chi connectivity index (χ1v) is 6.84. The number of rotatable bonds is 3. The number of carbonyl (C=O) groups excluding carboxylic acids is 2. The highest BCUT2D eigenvalue weighted by Crippen LogP contribution is 2.21. The van der Waals surface area contributed by atoms with Crippen LogP contribution in [0.15, 0.2) is 11.4 Å². The lowest BCUT2D eigenvalue weighted by molar-refractivity contribution is -0.157. The molecule has 2 amide bonds. The predicted octanol–water partition coefficient (Wildman–Crippen LogP) is 1.95. The molecule has 1 aliphatic heterocycles. The Hall–Kier alpha value is -1.57. The van der Waals surface area contributed by atoms with Crippen molar-refractivity contribution >= 4 is 23.2 Å². The Morgan fingerprint density at radius 2 is 2.25 bits per heavy atom. The number of alkyl halides is 3. The van der Waals surface area contributed by atoms with E-state index in [1.807, 2.05) is 0 Å². The normalized spacial score (nSPS) is 19.5. The smallest absolute Gasteiger partial charge is 0.346 e. The standard InChI is InChI=1S/C12H13F3N2O2S/c1-7-2-3-20-10(7)11(19)16-8-4-9(18)17(5-8)6-12(13,14)15/h2-3,8H,4-6H2,1H3,(H,16,19)/t8-/m1/s1. The number of amides is 2. The van der Waals surface area contributed by atoms with E-state index in [-0.39, 0.29) is 18.9 Å². The molecule has 2 rings (SSSR count). The lowest BCUT2D eigenvalue weighted by Gasteiger charge is -2.18. The van der Waals surface area contributed by atoms with E-state index in [9.17, 15) is 22.8 Å². The van der Waals surface area contributed by atoms with Gasteiger partial charge in [-0.05, 0) is 23.9 Å². The average Bonchev–Trinajstić information content (AvgIpc) is 2.84. The van der Waals surface area contributed by atoms with Gasteiger partial charge < -0.3 is 10.2 Å². The molecule has 1 aromatic rings. The van der Waals surface area contributed by atoms with Crippen LogP contribution in [0.5, 0.6) is 0 Å². The zero-order chi connectivity index (χ0) is 14.9. The Kier molecular flexibility index (Phi) is 4.03. The largest absolute Gasteiger partial charge is 0.406 e. The number of likely N-dealkylation sites (tertiary alicyclic amines) is 1. The van der Waals surface area contributed by atoms with Crippen LogP contribution in [0.1, 0.15) is 21.7 Å². The van der Waals surface area contributed by atoms with E-state index in [4.69, 9.17) is 0 Å². The van der Waals surface area contributed by atoms with Crippen LogP contribution >= 0.6 is 11.3 Å². The van der Waals surface area contributed by atoms with Crippen molar-refractivity contribution in [3.63, 3.8) is 0 Å². The van der Waals surface area contributed by atoms with Crippen LogP contribution in [0.3, 0.4) is 0 Å². The summed E-state index contributed by atoms with van der Waals surface area (Å²) in [5, 5.41) is 4.37. The van der Waals surface area contributed by atoms with Crippen LogP contribution in [0.2, 0.25) is 0 Å². The number of hydrogen-bond acceptors (Lipinski definition) is 3. The quantitative estimate of drug-likeness (QED) is 0.928. The van der Waals surface area contributed by atoms with Gasteiger partial charge in [0.2, 0.25) is 5.91 Å². The predicted molar refractivity (Wildman–Crippen MR) is 67.6 cm³/mol. The first kappa shape index (κ1) is 14.8. The maximum absolute atomic E-state index is 12.3. The van der Waals surface area contributed by atoms with Gasteiger partial charge in [-0.2, -0.15) is 13.2 Å². The summed E-state index contributed by atoms with van der Waals surface area (Å²) < 4.78 is 36.8. The number of aryl methyl sites for hydroxylation is 1. The average molecular weight is 306 g/mol. The van der Waals surface area contributed by atoms with Gasteiger partial charge in [-0.1, -0.05) is 0 Å². The molecule has 1 N–H and O–H groups in total. The van der Waals surface area contributed by atoms with E-state index in [1.54, 1.807) is 18.4 Å². The number of nitrogens with zero attached hydrogens (tertiary/aromatic N) is 1. The van der Waals surface area contributed by atoms with Crippen molar-refractivity contribution in [3.8, 4) is 0 Å². The number of hydrogen-bond donors (Lipinski definition) is 1. The van der Waals surface area contributed by atoms with Crippen molar-refractivity contribution < 1.29 is 22.8 Å². The zero-order valence-electron chi connectivity index (χ0n) is 10.7. The molecule has 0 saturated carbocycles. The highest BCUT2D eigenvalue weighted by atomic mass is 32.1. The minimum Gasteiger partial charge on any atom is -0.346 e. The topological polar surface area (TPSA) is 49.4 Å². The molecule has 0 spiro atoms. The van der Waals surface area contributed by atoms with E-state index in [1.165, 1.54) is 11.3 Å². The molecule has 0 aromatic carbocycles. The first-order chi connectivity index (χ1) is 9.26. The number of carbonyl (C=O) groups is 2. The van der Waals surface area contributed by atoms with E-state index >= 15 is 0 Å². The van der Waals surface area contributed by atoms with E-state index in [2.05, 4.69) is 5.32 Å². The number of halogens is 3. The Labute approximate surface area is 117 Å². The molecule has 110 valence electrons. The molecule has 1 aromatic heterocycles. The summed E-state index contributed by atoms with van der Waals surface area (Å²) >= 11 is 1.26. The van der Waals surface area contributed by atoms with Gasteiger partial charge >= 0.3 is 6.18 Å². The molecule has 4 nitrogen and oxygen atoms in total. The number of thiophene rings is 1. The molecule has 2 heterocycles. The molecule has 8 heteroatoms. The van der Waals surface area contributed by atoms with E-state index in [0.717, 1.165) is 10.5 Å². The summed E-state index contributed by atoms with van der Waals surface area (Å²) in [7, 11) is 0. The van der Waals surface area contributed by atoms with Crippen LogP contribution in [0, 0.1) is 6.92 Å². The van der Waals surface area contributed by atoms with Gasteiger partial charge in [0.25, 0.3) is 5.91 Å². The second kappa shape index (κ2) is 5.43. The summed E-state index contributed by atoms with van der Waals surface area (Å²) in [6, 6.07) is 1.22. The maximum atomic E-state index is 12.3. The zero-order valence-corrected chi connectivity index (χ0v) is 11.5. The molecule has 0 bridgehead atoms. The van der Waals surface area contributed by atoms with Crippen molar-refractivity contribution in [2.24, 2.45) is 0 Å². The number of nitrogens with one attached hydrogen (secondary N) is 1. The molecule has 0 aliphatic carbocycles. The Morgan fingerprint density at radius 3 is 2.80 bits per heavy atom. The van der Waals surface area contributed by atoms with E-state index < -0.39 is 24.7 Å². The lowest BCUT2D eigenvalue weighted by atomic mass is 10.2. The van der Waals surface area contributed by atoms with E-state index in [0.29, 0.717) is 4.88 Å². The SMILES string of the molecule is Cc1ccsc1C(=O)N[C@@H]1CC(=O)N(CC(F)(F)F)C1.